The average molecular weight is 298 g/mol. The van der Waals surface area contributed by atoms with E-state index in [1.807, 2.05) is 11.3 Å². The highest BCUT2D eigenvalue weighted by molar-refractivity contribution is 7.11. The first-order chi connectivity index (χ1) is 9.59. The molecule has 0 aliphatic heterocycles. The first-order valence-electron chi connectivity index (χ1n) is 8.04. The Balaban J connectivity index is 2.81. The van der Waals surface area contributed by atoms with Crippen LogP contribution in [0.1, 0.15) is 57.2 Å². The topological polar surface area (TPSA) is 21.3 Å². The molecule has 116 valence electrons. The van der Waals surface area contributed by atoms with Crippen LogP contribution in [0.5, 0.6) is 0 Å². The van der Waals surface area contributed by atoms with Gasteiger partial charge in [-0.15, -0.1) is 11.3 Å². The zero-order chi connectivity index (χ0) is 15.0. The van der Waals surface area contributed by atoms with Crippen LogP contribution in [-0.4, -0.2) is 24.8 Å². The van der Waals surface area contributed by atoms with E-state index in [0.29, 0.717) is 6.04 Å². The summed E-state index contributed by atoms with van der Waals surface area (Å²) in [5.41, 5.74) is -0.0830. The second-order valence-corrected chi connectivity index (χ2v) is 6.78. The number of ether oxygens (including phenoxy) is 1. The Labute approximate surface area is 128 Å². The first-order valence-corrected chi connectivity index (χ1v) is 8.86. The summed E-state index contributed by atoms with van der Waals surface area (Å²) in [6.07, 6.45) is 4.39. The van der Waals surface area contributed by atoms with Gasteiger partial charge >= 0.3 is 0 Å². The lowest BCUT2D eigenvalue weighted by atomic mass is 9.90. The summed E-state index contributed by atoms with van der Waals surface area (Å²) >= 11 is 1.94. The number of rotatable bonds is 10. The van der Waals surface area contributed by atoms with Crippen molar-refractivity contribution in [3.8, 4) is 0 Å². The fourth-order valence-corrected chi connectivity index (χ4v) is 3.53. The maximum atomic E-state index is 6.09. The smallest absolute Gasteiger partial charge is 0.0807 e. The van der Waals surface area contributed by atoms with Crippen molar-refractivity contribution in [1.29, 1.82) is 0 Å². The molecule has 0 bridgehead atoms. The largest absolute Gasteiger partial charge is 0.374 e. The van der Waals surface area contributed by atoms with Crippen molar-refractivity contribution in [2.75, 3.05) is 13.2 Å². The summed E-state index contributed by atoms with van der Waals surface area (Å²) in [6.45, 7) is 12.8. The number of hydrogen-bond acceptors (Lipinski definition) is 3. The third kappa shape index (κ3) is 4.87. The van der Waals surface area contributed by atoms with Crippen LogP contribution in [0.2, 0.25) is 0 Å². The van der Waals surface area contributed by atoms with Crippen molar-refractivity contribution in [2.24, 2.45) is 0 Å². The fourth-order valence-electron chi connectivity index (χ4n) is 2.52. The van der Waals surface area contributed by atoms with Gasteiger partial charge in [-0.05, 0) is 58.2 Å². The van der Waals surface area contributed by atoms with Gasteiger partial charge < -0.3 is 10.1 Å². The third-order valence-corrected chi connectivity index (χ3v) is 5.28. The lowest BCUT2D eigenvalue weighted by molar-refractivity contribution is -0.0548. The van der Waals surface area contributed by atoms with E-state index in [4.69, 9.17) is 4.74 Å². The van der Waals surface area contributed by atoms with E-state index in [1.165, 1.54) is 9.75 Å². The average Bonchev–Trinajstić information content (AvgIpc) is 2.91. The monoisotopic (exact) mass is 297 g/mol. The van der Waals surface area contributed by atoms with Gasteiger partial charge in [0.05, 0.1) is 5.60 Å². The molecular weight excluding hydrogens is 266 g/mol. The zero-order valence-corrected chi connectivity index (χ0v) is 14.6. The number of hydrogen-bond donors (Lipinski definition) is 1. The van der Waals surface area contributed by atoms with Crippen LogP contribution < -0.4 is 5.32 Å². The molecule has 1 aromatic heterocycles. The minimum Gasteiger partial charge on any atom is -0.374 e. The molecule has 0 spiro atoms. The molecule has 3 heteroatoms. The standard InChI is InChI=1S/C17H31NOS/c1-6-12-18-16(17(5,8-3)19-9-4)13-15-11-10-14(7-2)20-15/h10-11,16,18H,6-9,12-13H2,1-5H3. The highest BCUT2D eigenvalue weighted by Gasteiger charge is 2.33. The molecule has 0 aromatic carbocycles. The van der Waals surface area contributed by atoms with Crippen molar-refractivity contribution >= 4 is 11.3 Å². The van der Waals surface area contributed by atoms with Gasteiger partial charge in [0, 0.05) is 22.4 Å². The Hall–Kier alpha value is -0.380. The molecule has 2 unspecified atom stereocenters. The summed E-state index contributed by atoms with van der Waals surface area (Å²) in [7, 11) is 0. The number of thiophene rings is 1. The van der Waals surface area contributed by atoms with Crippen LogP contribution in [0.25, 0.3) is 0 Å². The van der Waals surface area contributed by atoms with E-state index in [9.17, 15) is 0 Å². The molecule has 0 radical (unpaired) electrons. The molecule has 1 heterocycles. The Morgan fingerprint density at radius 2 is 1.90 bits per heavy atom. The molecule has 0 aliphatic carbocycles. The van der Waals surface area contributed by atoms with E-state index in [0.717, 1.165) is 38.8 Å². The van der Waals surface area contributed by atoms with Crippen LogP contribution in [0.4, 0.5) is 0 Å². The number of nitrogens with one attached hydrogen (secondary N) is 1. The fraction of sp³-hybridized carbons (Fsp3) is 0.765. The lowest BCUT2D eigenvalue weighted by Crippen LogP contribution is -2.51. The van der Waals surface area contributed by atoms with Gasteiger partial charge in [0.2, 0.25) is 0 Å². The predicted molar refractivity (Wildman–Crippen MR) is 89.8 cm³/mol. The van der Waals surface area contributed by atoms with Gasteiger partial charge in [0.25, 0.3) is 0 Å². The Morgan fingerprint density at radius 1 is 1.20 bits per heavy atom. The van der Waals surface area contributed by atoms with Crippen molar-refractivity contribution in [2.45, 2.75) is 71.9 Å². The second-order valence-electron chi connectivity index (χ2n) is 5.53. The molecule has 0 saturated carbocycles. The third-order valence-electron chi connectivity index (χ3n) is 4.03. The maximum absolute atomic E-state index is 6.09. The second kappa shape index (κ2) is 8.81. The molecule has 0 amide bonds. The summed E-state index contributed by atoms with van der Waals surface area (Å²) in [6, 6.07) is 4.93. The lowest BCUT2D eigenvalue weighted by Gasteiger charge is -2.37. The summed E-state index contributed by atoms with van der Waals surface area (Å²) in [5, 5.41) is 3.70. The Morgan fingerprint density at radius 3 is 2.40 bits per heavy atom. The van der Waals surface area contributed by atoms with Gasteiger partial charge in [-0.25, -0.2) is 0 Å². The molecule has 0 saturated heterocycles. The molecule has 2 atom stereocenters. The highest BCUT2D eigenvalue weighted by Crippen LogP contribution is 2.26. The summed E-state index contributed by atoms with van der Waals surface area (Å²) in [5.74, 6) is 0. The Bertz CT molecular complexity index is 377. The zero-order valence-electron chi connectivity index (χ0n) is 13.8. The first kappa shape index (κ1) is 17.7. The van der Waals surface area contributed by atoms with E-state index in [1.54, 1.807) is 0 Å². The van der Waals surface area contributed by atoms with Gasteiger partial charge in [-0.2, -0.15) is 0 Å². The Kier molecular flexibility index (Phi) is 7.78. The van der Waals surface area contributed by atoms with Gasteiger partial charge in [-0.3, -0.25) is 0 Å². The SMILES string of the molecule is CCCNC(Cc1ccc(CC)s1)C(C)(CC)OCC. The van der Waals surface area contributed by atoms with Crippen LogP contribution in [0.3, 0.4) is 0 Å². The highest BCUT2D eigenvalue weighted by atomic mass is 32.1. The molecule has 0 aliphatic rings. The van der Waals surface area contributed by atoms with Crippen molar-refractivity contribution in [1.82, 2.24) is 5.32 Å². The quantitative estimate of drug-likeness (QED) is 0.690. The van der Waals surface area contributed by atoms with Gasteiger partial charge in [-0.1, -0.05) is 20.8 Å². The maximum Gasteiger partial charge on any atom is 0.0807 e. The normalized spacial score (nSPS) is 16.1. The molecule has 0 fully saturated rings. The van der Waals surface area contributed by atoms with Crippen molar-refractivity contribution in [3.63, 3.8) is 0 Å². The van der Waals surface area contributed by atoms with E-state index in [-0.39, 0.29) is 5.60 Å². The van der Waals surface area contributed by atoms with E-state index < -0.39 is 0 Å². The number of aryl methyl sites for hydroxylation is 1. The van der Waals surface area contributed by atoms with E-state index >= 15 is 0 Å². The van der Waals surface area contributed by atoms with Crippen molar-refractivity contribution in [3.05, 3.63) is 21.9 Å². The van der Waals surface area contributed by atoms with Crippen LogP contribution in [-0.2, 0) is 17.6 Å². The van der Waals surface area contributed by atoms with E-state index in [2.05, 4.69) is 52.1 Å². The predicted octanol–water partition coefficient (Wildman–Crippen LogP) is 4.43. The van der Waals surface area contributed by atoms with Crippen LogP contribution in [0.15, 0.2) is 12.1 Å². The van der Waals surface area contributed by atoms with Crippen molar-refractivity contribution < 1.29 is 4.74 Å². The molecule has 1 rings (SSSR count). The molecule has 1 N–H and O–H groups in total. The molecule has 20 heavy (non-hydrogen) atoms. The molecular formula is C17H31NOS. The minimum absolute atomic E-state index is 0.0830. The van der Waals surface area contributed by atoms with Crippen LogP contribution >= 0.6 is 11.3 Å². The summed E-state index contributed by atoms with van der Waals surface area (Å²) in [4.78, 5) is 2.94. The minimum atomic E-state index is -0.0830. The van der Waals surface area contributed by atoms with Gasteiger partial charge in [0.15, 0.2) is 0 Å². The molecule has 1 aromatic rings. The summed E-state index contributed by atoms with van der Waals surface area (Å²) < 4.78 is 6.09. The van der Waals surface area contributed by atoms with Gasteiger partial charge in [0.1, 0.15) is 0 Å². The van der Waals surface area contributed by atoms with Crippen LogP contribution in [0, 0.1) is 0 Å². The molecule has 2 nitrogen and oxygen atoms in total.